The summed E-state index contributed by atoms with van der Waals surface area (Å²) in [5, 5.41) is 0. The lowest BCUT2D eigenvalue weighted by molar-refractivity contribution is -0.131. The zero-order chi connectivity index (χ0) is 15.7. The second-order valence-corrected chi connectivity index (χ2v) is 5.99. The lowest BCUT2D eigenvalue weighted by Crippen LogP contribution is -2.41. The lowest BCUT2D eigenvalue weighted by atomic mass is 9.89. The van der Waals surface area contributed by atoms with Gasteiger partial charge in [-0.15, -0.1) is 0 Å². The predicted molar refractivity (Wildman–Crippen MR) is 80.7 cm³/mol. The van der Waals surface area contributed by atoms with Gasteiger partial charge in [-0.3, -0.25) is 9.78 Å². The van der Waals surface area contributed by atoms with Crippen molar-refractivity contribution in [2.75, 3.05) is 0 Å². The van der Waals surface area contributed by atoms with Crippen molar-refractivity contribution in [2.24, 2.45) is 0 Å². The molecule has 1 aromatic heterocycles. The average Bonchev–Trinajstić information content (AvgIpc) is 2.55. The van der Waals surface area contributed by atoms with E-state index in [4.69, 9.17) is 14.0 Å². The monoisotopic (exact) mass is 289 g/mol. The van der Waals surface area contributed by atoms with E-state index in [9.17, 15) is 4.79 Å². The fourth-order valence-electron chi connectivity index (χ4n) is 1.89. The molecule has 0 atom stereocenters. The summed E-state index contributed by atoms with van der Waals surface area (Å²) in [6, 6.07) is 3.32. The van der Waals surface area contributed by atoms with Crippen molar-refractivity contribution in [2.45, 2.75) is 45.8 Å². The normalized spacial score (nSPS) is 20.0. The highest BCUT2D eigenvalue weighted by molar-refractivity contribution is 6.52. The largest absolute Gasteiger partial charge is 0.487 e. The molecule has 0 radical (unpaired) electrons. The number of rotatable bonds is 3. The third-order valence-corrected chi connectivity index (χ3v) is 3.71. The van der Waals surface area contributed by atoms with Gasteiger partial charge in [0.25, 0.3) is 0 Å². The number of carbonyl (C=O) groups is 1. The van der Waals surface area contributed by atoms with E-state index in [0.29, 0.717) is 11.4 Å². The highest BCUT2D eigenvalue weighted by Crippen LogP contribution is 2.37. The first kappa shape index (κ1) is 15.7. The molecule has 5 nitrogen and oxygen atoms in total. The Kier molecular flexibility index (Phi) is 4.21. The Balaban J connectivity index is 2.07. The van der Waals surface area contributed by atoms with Gasteiger partial charge in [-0.1, -0.05) is 5.98 Å². The van der Waals surface area contributed by atoms with Crippen molar-refractivity contribution >= 4 is 19.2 Å². The molecule has 1 saturated heterocycles. The standard InChI is InChI=1S/C15H20BNO4/c1-11(18)19-13-7-9-17-12(10-13)6-8-16-20-14(2,3)15(4,5)21-16/h6-10H,1-5H3/b8-6+. The Labute approximate surface area is 125 Å². The summed E-state index contributed by atoms with van der Waals surface area (Å²) in [5.41, 5.74) is -0.0622. The van der Waals surface area contributed by atoms with E-state index in [1.54, 1.807) is 30.4 Å². The topological polar surface area (TPSA) is 57.7 Å². The van der Waals surface area contributed by atoms with E-state index in [-0.39, 0.29) is 17.2 Å². The van der Waals surface area contributed by atoms with Crippen molar-refractivity contribution in [3.8, 4) is 5.75 Å². The molecule has 2 heterocycles. The summed E-state index contributed by atoms with van der Waals surface area (Å²) in [6.45, 7) is 9.36. The summed E-state index contributed by atoms with van der Waals surface area (Å²) >= 11 is 0. The van der Waals surface area contributed by atoms with Crippen molar-refractivity contribution in [3.05, 3.63) is 30.0 Å². The minimum atomic E-state index is -0.422. The van der Waals surface area contributed by atoms with Crippen LogP contribution in [0.4, 0.5) is 0 Å². The lowest BCUT2D eigenvalue weighted by Gasteiger charge is -2.32. The molecule has 0 unspecified atom stereocenters. The number of pyridine rings is 1. The van der Waals surface area contributed by atoms with Crippen LogP contribution in [0.3, 0.4) is 0 Å². The number of hydrogen-bond donors (Lipinski definition) is 0. The number of nitrogens with zero attached hydrogens (tertiary/aromatic N) is 1. The van der Waals surface area contributed by atoms with Gasteiger partial charge in [0.05, 0.1) is 16.9 Å². The van der Waals surface area contributed by atoms with Crippen LogP contribution in [0.25, 0.3) is 6.08 Å². The first-order valence-corrected chi connectivity index (χ1v) is 6.88. The Morgan fingerprint density at radius 1 is 1.29 bits per heavy atom. The van der Waals surface area contributed by atoms with E-state index in [2.05, 4.69) is 4.98 Å². The van der Waals surface area contributed by atoms with E-state index in [1.165, 1.54) is 6.92 Å². The van der Waals surface area contributed by atoms with Crippen LogP contribution in [0.15, 0.2) is 24.3 Å². The molecule has 1 aliphatic rings. The predicted octanol–water partition coefficient (Wildman–Crippen LogP) is 2.65. The van der Waals surface area contributed by atoms with Gasteiger partial charge in [-0.25, -0.2) is 0 Å². The molecule has 112 valence electrons. The van der Waals surface area contributed by atoms with Crippen LogP contribution >= 0.6 is 0 Å². The van der Waals surface area contributed by atoms with Crippen molar-refractivity contribution < 1.29 is 18.8 Å². The number of esters is 1. The molecule has 0 N–H and O–H groups in total. The summed E-state index contributed by atoms with van der Waals surface area (Å²) in [6.07, 6.45) is 3.37. The van der Waals surface area contributed by atoms with Crippen molar-refractivity contribution in [1.29, 1.82) is 0 Å². The zero-order valence-electron chi connectivity index (χ0n) is 13.0. The molecule has 0 aromatic carbocycles. The van der Waals surface area contributed by atoms with Crippen LogP contribution in [0.5, 0.6) is 5.75 Å². The minimum Gasteiger partial charge on any atom is -0.427 e. The Bertz CT molecular complexity index is 553. The fraction of sp³-hybridized carbons (Fsp3) is 0.467. The van der Waals surface area contributed by atoms with Gasteiger partial charge in [0, 0.05) is 19.2 Å². The van der Waals surface area contributed by atoms with Crippen LogP contribution in [0, 0.1) is 0 Å². The van der Waals surface area contributed by atoms with Gasteiger partial charge in [0.15, 0.2) is 0 Å². The molecule has 0 amide bonds. The Hall–Kier alpha value is -1.66. The SMILES string of the molecule is CC(=O)Oc1ccnc(/C=C/B2OC(C)(C)C(C)(C)O2)c1. The second-order valence-electron chi connectivity index (χ2n) is 5.99. The number of carbonyl (C=O) groups excluding carboxylic acids is 1. The fourth-order valence-corrected chi connectivity index (χ4v) is 1.89. The Morgan fingerprint density at radius 3 is 2.48 bits per heavy atom. The molecule has 0 aliphatic carbocycles. The molecule has 0 spiro atoms. The molecular weight excluding hydrogens is 269 g/mol. The molecule has 2 rings (SSSR count). The molecule has 6 heteroatoms. The quantitative estimate of drug-likeness (QED) is 0.632. The van der Waals surface area contributed by atoms with E-state index in [1.807, 2.05) is 27.7 Å². The van der Waals surface area contributed by atoms with E-state index in [0.717, 1.165) is 0 Å². The van der Waals surface area contributed by atoms with Crippen LogP contribution < -0.4 is 4.74 Å². The molecule has 21 heavy (non-hydrogen) atoms. The molecule has 0 bridgehead atoms. The second kappa shape index (κ2) is 5.62. The first-order valence-electron chi connectivity index (χ1n) is 6.88. The first-order chi connectivity index (χ1) is 9.69. The third-order valence-electron chi connectivity index (χ3n) is 3.71. The maximum absolute atomic E-state index is 10.9. The molecule has 1 fully saturated rings. The molecular formula is C15H20BNO4. The van der Waals surface area contributed by atoms with Crippen molar-refractivity contribution in [1.82, 2.24) is 4.98 Å². The number of ether oxygens (including phenoxy) is 1. The maximum atomic E-state index is 10.9. The molecule has 1 aliphatic heterocycles. The van der Waals surface area contributed by atoms with Gasteiger partial charge in [-0.2, -0.15) is 0 Å². The van der Waals surface area contributed by atoms with Crippen LogP contribution in [0.2, 0.25) is 0 Å². The van der Waals surface area contributed by atoms with E-state index < -0.39 is 7.12 Å². The maximum Gasteiger partial charge on any atom is 0.487 e. The Morgan fingerprint density at radius 2 is 1.90 bits per heavy atom. The summed E-state index contributed by atoms with van der Waals surface area (Å²) in [4.78, 5) is 15.1. The number of aromatic nitrogens is 1. The number of hydrogen-bond acceptors (Lipinski definition) is 5. The minimum absolute atomic E-state index is 0.359. The highest BCUT2D eigenvalue weighted by atomic mass is 16.7. The van der Waals surface area contributed by atoms with Gasteiger partial charge >= 0.3 is 13.1 Å². The van der Waals surface area contributed by atoms with Crippen molar-refractivity contribution in [3.63, 3.8) is 0 Å². The van der Waals surface area contributed by atoms with Gasteiger partial charge in [0.2, 0.25) is 0 Å². The van der Waals surface area contributed by atoms with Gasteiger partial charge < -0.3 is 14.0 Å². The average molecular weight is 289 g/mol. The van der Waals surface area contributed by atoms with Crippen LogP contribution in [0.1, 0.15) is 40.3 Å². The van der Waals surface area contributed by atoms with Crippen LogP contribution in [-0.2, 0) is 14.1 Å². The van der Waals surface area contributed by atoms with Gasteiger partial charge in [-0.05, 0) is 39.8 Å². The smallest absolute Gasteiger partial charge is 0.427 e. The summed E-state index contributed by atoms with van der Waals surface area (Å²) in [5.74, 6) is 1.91. The molecule has 0 saturated carbocycles. The molecule has 1 aromatic rings. The highest BCUT2D eigenvalue weighted by Gasteiger charge is 2.49. The summed E-state index contributed by atoms with van der Waals surface area (Å²) < 4.78 is 16.7. The van der Waals surface area contributed by atoms with Crippen LogP contribution in [-0.4, -0.2) is 29.3 Å². The third kappa shape index (κ3) is 3.71. The zero-order valence-corrected chi connectivity index (χ0v) is 13.0. The van der Waals surface area contributed by atoms with E-state index >= 15 is 0 Å². The van der Waals surface area contributed by atoms with Gasteiger partial charge in [0.1, 0.15) is 5.75 Å². The summed E-state index contributed by atoms with van der Waals surface area (Å²) in [7, 11) is -0.422.